The van der Waals surface area contributed by atoms with E-state index in [4.69, 9.17) is 10.5 Å². The summed E-state index contributed by atoms with van der Waals surface area (Å²) in [4.78, 5) is 0. The number of hydrogen-bond acceptors (Lipinski definition) is 2. The quantitative estimate of drug-likeness (QED) is 0.515. The van der Waals surface area contributed by atoms with Gasteiger partial charge in [0.15, 0.2) is 0 Å². The van der Waals surface area contributed by atoms with E-state index in [0.717, 1.165) is 19.4 Å². The van der Waals surface area contributed by atoms with Gasteiger partial charge in [-0.2, -0.15) is 0 Å². The Morgan fingerprint density at radius 2 is 2.38 bits per heavy atom. The van der Waals surface area contributed by atoms with Crippen LogP contribution in [0.2, 0.25) is 0 Å². The molecular formula is C5H14NOSi. The predicted molar refractivity (Wildman–Crippen MR) is 37.6 cm³/mol. The molecule has 2 nitrogen and oxygen atoms in total. The smallest absolute Gasteiger partial charge is 0.0467 e. The summed E-state index contributed by atoms with van der Waals surface area (Å²) >= 11 is 0. The van der Waals surface area contributed by atoms with Gasteiger partial charge in [0.1, 0.15) is 0 Å². The molecule has 0 fully saturated rings. The van der Waals surface area contributed by atoms with Crippen molar-refractivity contribution in [1.29, 1.82) is 0 Å². The highest BCUT2D eigenvalue weighted by Crippen LogP contribution is 1.93. The summed E-state index contributed by atoms with van der Waals surface area (Å²) in [6, 6.07) is 0. The molecule has 1 atom stereocenters. The fraction of sp³-hybridized carbons (Fsp3) is 1.00. The van der Waals surface area contributed by atoms with Gasteiger partial charge in [-0.15, -0.1) is 0 Å². The van der Waals surface area contributed by atoms with Gasteiger partial charge in [-0.1, -0.05) is 0 Å². The zero-order valence-electron chi connectivity index (χ0n) is 5.39. The van der Waals surface area contributed by atoms with E-state index in [1.165, 1.54) is 0 Å². The van der Waals surface area contributed by atoms with Gasteiger partial charge in [0.2, 0.25) is 0 Å². The predicted octanol–water partition coefficient (Wildman–Crippen LogP) is -0.669. The number of hydrogen-bond donors (Lipinski definition) is 1. The van der Waals surface area contributed by atoms with Gasteiger partial charge in [-0.3, -0.25) is 0 Å². The first-order chi connectivity index (χ1) is 3.81. The number of rotatable bonds is 4. The van der Waals surface area contributed by atoms with Crippen molar-refractivity contribution in [3.63, 3.8) is 0 Å². The minimum absolute atomic E-state index is 0.401. The molecule has 0 aliphatic carbocycles. The molecule has 0 aliphatic rings. The highest BCUT2D eigenvalue weighted by molar-refractivity contribution is 6.10. The van der Waals surface area contributed by atoms with E-state index < -0.39 is 0 Å². The first-order valence-electron chi connectivity index (χ1n) is 2.87. The van der Waals surface area contributed by atoms with Gasteiger partial charge < -0.3 is 10.5 Å². The molecule has 0 rings (SSSR count). The van der Waals surface area contributed by atoms with Gasteiger partial charge in [0, 0.05) is 23.1 Å². The molecule has 0 aliphatic heterocycles. The lowest BCUT2D eigenvalue weighted by molar-refractivity contribution is 0.158. The fourth-order valence-electron chi connectivity index (χ4n) is 0.463. The summed E-state index contributed by atoms with van der Waals surface area (Å²) in [7, 11) is 3.60. The number of nitrogens with two attached hydrogens (primary N) is 1. The van der Waals surface area contributed by atoms with Crippen molar-refractivity contribution in [2.24, 2.45) is 5.73 Å². The molecule has 0 spiro atoms. The molecule has 0 aromatic heterocycles. The van der Waals surface area contributed by atoms with Gasteiger partial charge in [-0.05, 0) is 19.4 Å². The Kier molecular flexibility index (Phi) is 5.37. The molecule has 0 bridgehead atoms. The molecule has 1 radical (unpaired) electrons. The molecular weight excluding hydrogens is 118 g/mol. The maximum absolute atomic E-state index is 5.28. The van der Waals surface area contributed by atoms with Crippen LogP contribution in [-0.2, 0) is 4.74 Å². The van der Waals surface area contributed by atoms with E-state index in [1.54, 1.807) is 7.11 Å². The average Bonchev–Trinajstić information content (AvgIpc) is 1.83. The minimum atomic E-state index is 0.401. The largest absolute Gasteiger partial charge is 0.386 e. The summed E-state index contributed by atoms with van der Waals surface area (Å²) in [5.74, 6) is 0. The SMILES string of the molecule is COC([SiH2])CCCN. The molecule has 1 unspecified atom stereocenters. The van der Waals surface area contributed by atoms with Crippen LogP contribution >= 0.6 is 0 Å². The Bertz CT molecular complexity index is 51.7. The van der Waals surface area contributed by atoms with E-state index in [0.29, 0.717) is 5.73 Å². The van der Waals surface area contributed by atoms with Crippen LogP contribution < -0.4 is 5.73 Å². The van der Waals surface area contributed by atoms with Crippen molar-refractivity contribution >= 4 is 10.2 Å². The lowest BCUT2D eigenvalue weighted by Gasteiger charge is -2.06. The Morgan fingerprint density at radius 1 is 1.75 bits per heavy atom. The number of methoxy groups -OCH3 is 1. The normalized spacial score (nSPS) is 13.9. The molecule has 0 amide bonds. The van der Waals surface area contributed by atoms with Crippen molar-refractivity contribution in [3.05, 3.63) is 0 Å². The first-order valence-corrected chi connectivity index (χ1v) is 3.69. The Morgan fingerprint density at radius 3 is 2.75 bits per heavy atom. The van der Waals surface area contributed by atoms with Gasteiger partial charge in [0.25, 0.3) is 0 Å². The van der Waals surface area contributed by atoms with Crippen molar-refractivity contribution in [3.8, 4) is 0 Å². The minimum Gasteiger partial charge on any atom is -0.386 e. The Labute approximate surface area is 53.8 Å². The van der Waals surface area contributed by atoms with Crippen molar-refractivity contribution < 1.29 is 4.74 Å². The van der Waals surface area contributed by atoms with Crippen LogP contribution in [0, 0.1) is 0 Å². The molecule has 0 aromatic rings. The van der Waals surface area contributed by atoms with Crippen molar-refractivity contribution in [1.82, 2.24) is 0 Å². The standard InChI is InChI=1S/C5H14NOSi/c1-7-5(8)3-2-4-6/h5H,2-4,6,8H2,1H3. The average molecular weight is 132 g/mol. The molecule has 3 heteroatoms. The maximum atomic E-state index is 5.28. The lowest BCUT2D eigenvalue weighted by atomic mass is 10.3. The molecule has 8 heavy (non-hydrogen) atoms. The number of ether oxygens (including phenoxy) is 1. The molecule has 0 saturated carbocycles. The summed E-state index contributed by atoms with van der Waals surface area (Å²) < 4.78 is 5.01. The van der Waals surface area contributed by atoms with Crippen LogP contribution in [0.3, 0.4) is 0 Å². The molecule has 0 aromatic carbocycles. The third-order valence-electron chi connectivity index (χ3n) is 1.06. The Hall–Kier alpha value is 0.137. The van der Waals surface area contributed by atoms with E-state index >= 15 is 0 Å². The second-order valence-electron chi connectivity index (χ2n) is 1.79. The van der Waals surface area contributed by atoms with Crippen LogP contribution in [0.4, 0.5) is 0 Å². The Balaban J connectivity index is 2.86. The molecule has 2 N–H and O–H groups in total. The second kappa shape index (κ2) is 5.28. The third-order valence-corrected chi connectivity index (χ3v) is 1.81. The molecule has 0 heterocycles. The van der Waals surface area contributed by atoms with E-state index in [9.17, 15) is 0 Å². The maximum Gasteiger partial charge on any atom is 0.0467 e. The summed E-state index contributed by atoms with van der Waals surface area (Å²) in [6.45, 7) is 0.776. The highest BCUT2D eigenvalue weighted by Gasteiger charge is 1.95. The van der Waals surface area contributed by atoms with Crippen LogP contribution in [0.15, 0.2) is 0 Å². The summed E-state index contributed by atoms with van der Waals surface area (Å²) in [5.41, 5.74) is 5.68. The first kappa shape index (κ1) is 8.14. The van der Waals surface area contributed by atoms with E-state index in [1.807, 2.05) is 10.2 Å². The van der Waals surface area contributed by atoms with Crippen molar-refractivity contribution in [2.75, 3.05) is 13.7 Å². The monoisotopic (exact) mass is 132 g/mol. The topological polar surface area (TPSA) is 35.2 Å². The lowest BCUT2D eigenvalue weighted by Crippen LogP contribution is -2.12. The fourth-order valence-corrected chi connectivity index (χ4v) is 0.752. The third kappa shape index (κ3) is 4.30. The van der Waals surface area contributed by atoms with Crippen LogP contribution in [-0.4, -0.2) is 29.6 Å². The molecule has 49 valence electrons. The van der Waals surface area contributed by atoms with Gasteiger partial charge >= 0.3 is 0 Å². The summed E-state index contributed by atoms with van der Waals surface area (Å²) in [5, 5.41) is 0. The van der Waals surface area contributed by atoms with Crippen LogP contribution in [0.25, 0.3) is 0 Å². The zero-order chi connectivity index (χ0) is 6.41. The van der Waals surface area contributed by atoms with Crippen LogP contribution in [0.5, 0.6) is 0 Å². The highest BCUT2D eigenvalue weighted by atomic mass is 28.1. The zero-order valence-corrected chi connectivity index (χ0v) is 6.81. The van der Waals surface area contributed by atoms with Gasteiger partial charge in [0.05, 0.1) is 0 Å². The van der Waals surface area contributed by atoms with Gasteiger partial charge in [-0.25, -0.2) is 0 Å². The molecule has 0 saturated heterocycles. The second-order valence-corrected chi connectivity index (χ2v) is 2.70. The van der Waals surface area contributed by atoms with Crippen molar-refractivity contribution in [2.45, 2.75) is 18.6 Å². The van der Waals surface area contributed by atoms with E-state index in [-0.39, 0.29) is 0 Å². The summed E-state index contributed by atoms with van der Waals surface area (Å²) in [6.07, 6.45) is 2.16. The van der Waals surface area contributed by atoms with Crippen LogP contribution in [0.1, 0.15) is 12.8 Å². The van der Waals surface area contributed by atoms with E-state index in [2.05, 4.69) is 0 Å².